The third-order valence-corrected chi connectivity index (χ3v) is 6.87. The molecule has 1 heterocycles. The van der Waals surface area contributed by atoms with E-state index in [0.29, 0.717) is 16.9 Å². The smallest absolute Gasteiger partial charge is 0.259 e. The Morgan fingerprint density at radius 1 is 0.969 bits per heavy atom. The molecule has 0 atom stereocenters. The van der Waals surface area contributed by atoms with Crippen molar-refractivity contribution < 1.29 is 13.2 Å². The summed E-state index contributed by atoms with van der Waals surface area (Å²) in [6.45, 7) is 3.59. The SMILES string of the molecule is CCS(=O)(=O)c1ccc(NC(=O)c2cn(-c3ccccc3)nc2-c2cccc(C)c2)cc1. The maximum Gasteiger partial charge on any atom is 0.259 e. The third kappa shape index (κ3) is 4.48. The number of rotatable bonds is 6. The Morgan fingerprint density at radius 3 is 2.34 bits per heavy atom. The lowest BCUT2D eigenvalue weighted by Gasteiger charge is -2.07. The third-order valence-electron chi connectivity index (χ3n) is 5.12. The lowest BCUT2D eigenvalue weighted by molar-refractivity contribution is 0.102. The van der Waals surface area contributed by atoms with E-state index in [1.807, 2.05) is 61.5 Å². The molecule has 3 aromatic carbocycles. The molecule has 0 spiro atoms. The van der Waals surface area contributed by atoms with Crippen LogP contribution in [-0.2, 0) is 9.84 Å². The molecule has 6 nitrogen and oxygen atoms in total. The van der Waals surface area contributed by atoms with Crippen molar-refractivity contribution >= 4 is 21.4 Å². The molecule has 1 amide bonds. The van der Waals surface area contributed by atoms with Gasteiger partial charge in [0.1, 0.15) is 5.69 Å². The van der Waals surface area contributed by atoms with Crippen LogP contribution in [-0.4, -0.2) is 29.9 Å². The number of carbonyl (C=O) groups excluding carboxylic acids is 1. The molecule has 1 aromatic heterocycles. The molecule has 32 heavy (non-hydrogen) atoms. The Labute approximate surface area is 187 Å². The van der Waals surface area contributed by atoms with Crippen LogP contribution >= 0.6 is 0 Å². The van der Waals surface area contributed by atoms with E-state index in [-0.39, 0.29) is 16.6 Å². The van der Waals surface area contributed by atoms with E-state index < -0.39 is 9.84 Å². The number of amides is 1. The van der Waals surface area contributed by atoms with Crippen molar-refractivity contribution in [1.82, 2.24) is 9.78 Å². The quantitative estimate of drug-likeness (QED) is 0.458. The van der Waals surface area contributed by atoms with Crippen LogP contribution in [0.25, 0.3) is 16.9 Å². The Hall–Kier alpha value is -3.71. The molecule has 0 bridgehead atoms. The minimum absolute atomic E-state index is 0.0250. The first kappa shape index (κ1) is 21.5. The second-order valence-corrected chi connectivity index (χ2v) is 9.70. The van der Waals surface area contributed by atoms with Gasteiger partial charge in [-0.3, -0.25) is 4.79 Å². The number of nitrogens with one attached hydrogen (secondary N) is 1. The van der Waals surface area contributed by atoms with E-state index in [0.717, 1.165) is 16.8 Å². The van der Waals surface area contributed by atoms with Crippen molar-refractivity contribution in [1.29, 1.82) is 0 Å². The van der Waals surface area contributed by atoms with Gasteiger partial charge in [-0.2, -0.15) is 5.10 Å². The molecule has 0 radical (unpaired) electrons. The summed E-state index contributed by atoms with van der Waals surface area (Å²) in [4.78, 5) is 13.4. The topological polar surface area (TPSA) is 81.1 Å². The molecule has 0 aliphatic rings. The average molecular weight is 446 g/mol. The van der Waals surface area contributed by atoms with Crippen molar-refractivity contribution in [3.63, 3.8) is 0 Å². The van der Waals surface area contributed by atoms with Gasteiger partial charge in [0.15, 0.2) is 9.84 Å². The first-order chi connectivity index (χ1) is 15.4. The van der Waals surface area contributed by atoms with Gasteiger partial charge < -0.3 is 5.32 Å². The van der Waals surface area contributed by atoms with Crippen molar-refractivity contribution in [2.45, 2.75) is 18.7 Å². The Bertz CT molecular complexity index is 1360. The van der Waals surface area contributed by atoms with E-state index in [4.69, 9.17) is 0 Å². The first-order valence-electron chi connectivity index (χ1n) is 10.2. The maximum absolute atomic E-state index is 13.2. The van der Waals surface area contributed by atoms with E-state index in [1.165, 1.54) is 12.1 Å². The van der Waals surface area contributed by atoms with E-state index in [9.17, 15) is 13.2 Å². The van der Waals surface area contributed by atoms with E-state index >= 15 is 0 Å². The molecule has 0 fully saturated rings. The molecule has 0 aliphatic heterocycles. The monoisotopic (exact) mass is 445 g/mol. The lowest BCUT2D eigenvalue weighted by Crippen LogP contribution is -2.12. The predicted molar refractivity (Wildman–Crippen MR) is 126 cm³/mol. The molecule has 162 valence electrons. The van der Waals surface area contributed by atoms with Gasteiger partial charge in [-0.15, -0.1) is 0 Å². The number of aromatic nitrogens is 2. The zero-order chi connectivity index (χ0) is 22.7. The molecule has 0 aliphatic carbocycles. The van der Waals surface area contributed by atoms with Crippen molar-refractivity contribution in [3.05, 3.63) is 96.2 Å². The number of hydrogen-bond acceptors (Lipinski definition) is 4. The van der Waals surface area contributed by atoms with Crippen LogP contribution in [0.2, 0.25) is 0 Å². The first-order valence-corrected chi connectivity index (χ1v) is 11.9. The fraction of sp³-hybridized carbons (Fsp3) is 0.120. The minimum atomic E-state index is -3.30. The molecule has 1 N–H and O–H groups in total. The Morgan fingerprint density at radius 2 is 1.69 bits per heavy atom. The Balaban J connectivity index is 1.70. The number of benzene rings is 3. The van der Waals surface area contributed by atoms with E-state index in [1.54, 1.807) is 29.9 Å². The predicted octanol–water partition coefficient (Wildman–Crippen LogP) is 4.89. The van der Waals surface area contributed by atoms with Gasteiger partial charge in [0.2, 0.25) is 0 Å². The number of hydrogen-bond donors (Lipinski definition) is 1. The fourth-order valence-corrected chi connectivity index (χ4v) is 4.25. The summed E-state index contributed by atoms with van der Waals surface area (Å²) >= 11 is 0. The van der Waals surface area contributed by atoms with Gasteiger partial charge >= 0.3 is 0 Å². The number of para-hydroxylation sites is 1. The summed E-state index contributed by atoms with van der Waals surface area (Å²) in [7, 11) is -3.30. The van der Waals surface area contributed by atoms with Crippen LogP contribution in [0.1, 0.15) is 22.8 Å². The normalized spacial score (nSPS) is 11.3. The van der Waals surface area contributed by atoms with Gasteiger partial charge in [0, 0.05) is 17.4 Å². The summed E-state index contributed by atoms with van der Waals surface area (Å²) in [5.74, 6) is -0.299. The van der Waals surface area contributed by atoms with Crippen LogP contribution in [0.3, 0.4) is 0 Å². The van der Waals surface area contributed by atoms with Gasteiger partial charge in [-0.1, -0.05) is 48.9 Å². The largest absolute Gasteiger partial charge is 0.322 e. The highest BCUT2D eigenvalue weighted by molar-refractivity contribution is 7.91. The molecular formula is C25H23N3O3S. The zero-order valence-electron chi connectivity index (χ0n) is 17.8. The zero-order valence-corrected chi connectivity index (χ0v) is 18.6. The minimum Gasteiger partial charge on any atom is -0.322 e. The number of anilines is 1. The lowest BCUT2D eigenvalue weighted by atomic mass is 10.1. The molecule has 4 rings (SSSR count). The molecule has 0 saturated carbocycles. The highest BCUT2D eigenvalue weighted by atomic mass is 32.2. The number of carbonyl (C=O) groups is 1. The number of sulfone groups is 1. The molecule has 4 aromatic rings. The fourth-order valence-electron chi connectivity index (χ4n) is 3.37. The molecule has 0 saturated heterocycles. The van der Waals surface area contributed by atoms with Crippen LogP contribution in [0.15, 0.2) is 90.0 Å². The Kier molecular flexibility index (Phi) is 5.92. The van der Waals surface area contributed by atoms with Gasteiger partial charge in [-0.05, 0) is 49.4 Å². The summed E-state index contributed by atoms with van der Waals surface area (Å²) in [6.07, 6.45) is 1.71. The van der Waals surface area contributed by atoms with Gasteiger partial charge in [0.05, 0.1) is 21.9 Å². The standard InChI is InChI=1S/C25H23N3O3S/c1-3-32(30,31)22-14-12-20(13-15-22)26-25(29)23-17-28(21-10-5-4-6-11-21)27-24(23)19-9-7-8-18(2)16-19/h4-17H,3H2,1-2H3,(H,26,29). The average Bonchev–Trinajstić information content (AvgIpc) is 3.26. The van der Waals surface area contributed by atoms with Gasteiger partial charge in [0.25, 0.3) is 5.91 Å². The molecule has 0 unspecified atom stereocenters. The van der Waals surface area contributed by atoms with Crippen molar-refractivity contribution in [3.8, 4) is 16.9 Å². The molecule has 7 heteroatoms. The number of aryl methyl sites for hydroxylation is 1. The van der Waals surface area contributed by atoms with Crippen molar-refractivity contribution in [2.24, 2.45) is 0 Å². The second-order valence-electron chi connectivity index (χ2n) is 7.42. The maximum atomic E-state index is 13.2. The highest BCUT2D eigenvalue weighted by Crippen LogP contribution is 2.26. The van der Waals surface area contributed by atoms with Crippen LogP contribution in [0, 0.1) is 6.92 Å². The second kappa shape index (κ2) is 8.80. The van der Waals surface area contributed by atoms with Crippen molar-refractivity contribution in [2.75, 3.05) is 11.1 Å². The molecular weight excluding hydrogens is 422 g/mol. The van der Waals surface area contributed by atoms with Crippen LogP contribution in [0.5, 0.6) is 0 Å². The summed E-state index contributed by atoms with van der Waals surface area (Å²) in [5, 5.41) is 7.55. The van der Waals surface area contributed by atoms with E-state index in [2.05, 4.69) is 10.4 Å². The van der Waals surface area contributed by atoms with Crippen LogP contribution in [0.4, 0.5) is 5.69 Å². The van der Waals surface area contributed by atoms with Crippen LogP contribution < -0.4 is 5.32 Å². The summed E-state index contributed by atoms with van der Waals surface area (Å²) in [5.41, 5.74) is 4.25. The number of nitrogens with zero attached hydrogens (tertiary/aromatic N) is 2. The highest BCUT2D eigenvalue weighted by Gasteiger charge is 2.19. The summed E-state index contributed by atoms with van der Waals surface area (Å²) in [6, 6.07) is 23.6. The van der Waals surface area contributed by atoms with Gasteiger partial charge in [-0.25, -0.2) is 13.1 Å². The summed E-state index contributed by atoms with van der Waals surface area (Å²) < 4.78 is 25.7.